The number of nitrogens with zero attached hydrogens (tertiary/aromatic N) is 2. The molecule has 0 aromatic heterocycles. The highest BCUT2D eigenvalue weighted by molar-refractivity contribution is 6.03. The monoisotopic (exact) mass is 145 g/mol. The summed E-state index contributed by atoms with van der Waals surface area (Å²) in [4.78, 5) is 0. The number of hydrogen-bond acceptors (Lipinski definition) is 1. The summed E-state index contributed by atoms with van der Waals surface area (Å²) in [7, 11) is 0. The largest absolute Gasteiger partial charge is 0.282 e. The first-order valence-corrected chi connectivity index (χ1v) is 3.01. The van der Waals surface area contributed by atoms with Gasteiger partial charge in [-0.3, -0.25) is 0 Å². The lowest BCUT2D eigenvalue weighted by Gasteiger charge is -1.98. The third-order valence-corrected chi connectivity index (χ3v) is 1.30. The summed E-state index contributed by atoms with van der Waals surface area (Å²) >= 11 is 0. The van der Waals surface area contributed by atoms with Gasteiger partial charge in [-0.05, 0) is 6.42 Å². The number of alkyl halides is 2. The van der Waals surface area contributed by atoms with Crippen LogP contribution in [0.15, 0.2) is 16.9 Å². The SMILES string of the molecule is CCC1=C[N]N=C1C(F)F. The van der Waals surface area contributed by atoms with Crippen LogP contribution in [0.2, 0.25) is 0 Å². The first kappa shape index (κ1) is 7.18. The van der Waals surface area contributed by atoms with Gasteiger partial charge in [-0.15, -0.1) is 5.10 Å². The molecule has 0 saturated carbocycles. The van der Waals surface area contributed by atoms with Crippen LogP contribution >= 0.6 is 0 Å². The third-order valence-electron chi connectivity index (χ3n) is 1.30. The van der Waals surface area contributed by atoms with Crippen molar-refractivity contribution in [1.29, 1.82) is 0 Å². The molecule has 1 aliphatic rings. The van der Waals surface area contributed by atoms with Gasteiger partial charge in [-0.1, -0.05) is 6.92 Å². The minimum absolute atomic E-state index is 0.178. The van der Waals surface area contributed by atoms with Crippen molar-refractivity contribution in [3.8, 4) is 0 Å². The Morgan fingerprint density at radius 2 is 2.30 bits per heavy atom. The van der Waals surface area contributed by atoms with Crippen molar-refractivity contribution in [2.24, 2.45) is 5.10 Å². The fourth-order valence-corrected chi connectivity index (χ4v) is 0.747. The van der Waals surface area contributed by atoms with Crippen molar-refractivity contribution in [3.63, 3.8) is 0 Å². The Hall–Kier alpha value is -0.930. The van der Waals surface area contributed by atoms with Crippen molar-refractivity contribution in [1.82, 2.24) is 5.43 Å². The van der Waals surface area contributed by atoms with Crippen LogP contribution in [0, 0.1) is 0 Å². The Labute approximate surface area is 57.6 Å². The number of halogens is 2. The first-order valence-electron chi connectivity index (χ1n) is 3.01. The number of allylic oxidation sites excluding steroid dienone is 1. The van der Waals surface area contributed by atoms with Crippen molar-refractivity contribution < 1.29 is 8.78 Å². The lowest BCUT2D eigenvalue weighted by atomic mass is 10.1. The molecule has 0 aromatic rings. The van der Waals surface area contributed by atoms with E-state index in [2.05, 4.69) is 10.5 Å². The quantitative estimate of drug-likeness (QED) is 0.563. The van der Waals surface area contributed by atoms with Crippen molar-refractivity contribution >= 4 is 5.71 Å². The molecule has 0 bridgehead atoms. The number of rotatable bonds is 2. The molecule has 1 aliphatic heterocycles. The summed E-state index contributed by atoms with van der Waals surface area (Å²) in [6.07, 6.45) is -0.550. The molecule has 0 saturated heterocycles. The highest BCUT2D eigenvalue weighted by Crippen LogP contribution is 2.14. The minimum atomic E-state index is -2.49. The Kier molecular flexibility index (Phi) is 1.99. The van der Waals surface area contributed by atoms with Gasteiger partial charge in [-0.25, -0.2) is 8.78 Å². The van der Waals surface area contributed by atoms with Crippen LogP contribution in [0.25, 0.3) is 0 Å². The summed E-state index contributed by atoms with van der Waals surface area (Å²) in [5.41, 5.74) is 3.74. The van der Waals surface area contributed by atoms with Crippen LogP contribution in [-0.2, 0) is 0 Å². The Morgan fingerprint density at radius 1 is 1.60 bits per heavy atom. The van der Waals surface area contributed by atoms with Gasteiger partial charge in [0.05, 0.1) is 6.20 Å². The maximum Gasteiger partial charge on any atom is 0.282 e. The van der Waals surface area contributed by atoms with Crippen molar-refractivity contribution in [2.45, 2.75) is 19.8 Å². The topological polar surface area (TPSA) is 26.5 Å². The van der Waals surface area contributed by atoms with Crippen molar-refractivity contribution in [2.75, 3.05) is 0 Å². The lowest BCUT2D eigenvalue weighted by molar-refractivity contribution is 0.225. The Balaban J connectivity index is 2.69. The summed E-state index contributed by atoms with van der Waals surface area (Å²) in [6.45, 7) is 1.80. The van der Waals surface area contributed by atoms with Crippen LogP contribution in [0.3, 0.4) is 0 Å². The summed E-state index contributed by atoms with van der Waals surface area (Å²) < 4.78 is 23.9. The van der Waals surface area contributed by atoms with Gasteiger partial charge in [-0.2, -0.15) is 5.43 Å². The molecular formula is C6H7F2N2. The Morgan fingerprint density at radius 3 is 2.70 bits per heavy atom. The standard InChI is InChI=1S/C6H7F2N2/c1-2-4-3-9-10-5(4)6(7)8/h3,6H,2H2,1H3. The zero-order valence-electron chi connectivity index (χ0n) is 5.51. The predicted octanol–water partition coefficient (Wildman–Crippen LogP) is 1.52. The second-order valence-electron chi connectivity index (χ2n) is 1.91. The molecule has 1 rings (SSSR count). The molecule has 0 atom stereocenters. The molecule has 55 valence electrons. The highest BCUT2D eigenvalue weighted by atomic mass is 19.3. The molecule has 0 aliphatic carbocycles. The fraction of sp³-hybridized carbons (Fsp3) is 0.500. The van der Waals surface area contributed by atoms with E-state index in [0.29, 0.717) is 12.0 Å². The first-order chi connectivity index (χ1) is 4.75. The molecule has 0 fully saturated rings. The van der Waals surface area contributed by atoms with Gasteiger partial charge in [0.25, 0.3) is 6.43 Å². The predicted molar refractivity (Wildman–Crippen MR) is 33.9 cm³/mol. The van der Waals surface area contributed by atoms with Crippen LogP contribution < -0.4 is 5.43 Å². The van der Waals surface area contributed by atoms with Crippen LogP contribution in [0.4, 0.5) is 8.78 Å². The molecule has 0 spiro atoms. The smallest absolute Gasteiger partial charge is 0.203 e. The van der Waals surface area contributed by atoms with E-state index in [0.717, 1.165) is 0 Å². The fourth-order valence-electron chi connectivity index (χ4n) is 0.747. The second kappa shape index (κ2) is 2.77. The molecule has 1 radical (unpaired) electrons. The van der Waals surface area contributed by atoms with Gasteiger partial charge >= 0.3 is 0 Å². The van der Waals surface area contributed by atoms with Crippen LogP contribution in [-0.4, -0.2) is 12.1 Å². The second-order valence-corrected chi connectivity index (χ2v) is 1.91. The van der Waals surface area contributed by atoms with E-state index in [-0.39, 0.29) is 5.71 Å². The maximum atomic E-state index is 11.9. The van der Waals surface area contributed by atoms with Crippen LogP contribution in [0.1, 0.15) is 13.3 Å². The Bertz CT molecular complexity index is 184. The zero-order valence-corrected chi connectivity index (χ0v) is 5.51. The summed E-state index contributed by atoms with van der Waals surface area (Å²) in [5.74, 6) is 0. The molecule has 2 nitrogen and oxygen atoms in total. The van der Waals surface area contributed by atoms with Crippen LogP contribution in [0.5, 0.6) is 0 Å². The molecule has 0 unspecified atom stereocenters. The van der Waals surface area contributed by atoms with E-state index in [9.17, 15) is 8.78 Å². The molecule has 0 amide bonds. The van der Waals surface area contributed by atoms with E-state index in [4.69, 9.17) is 0 Å². The summed E-state index contributed by atoms with van der Waals surface area (Å²) in [5, 5.41) is 3.29. The molecule has 10 heavy (non-hydrogen) atoms. The molecule has 1 heterocycles. The summed E-state index contributed by atoms with van der Waals surface area (Å²) in [6, 6.07) is 0. The van der Waals surface area contributed by atoms with E-state index < -0.39 is 6.43 Å². The minimum Gasteiger partial charge on any atom is -0.203 e. The third kappa shape index (κ3) is 1.15. The van der Waals surface area contributed by atoms with Gasteiger partial charge in [0, 0.05) is 5.57 Å². The average molecular weight is 145 g/mol. The van der Waals surface area contributed by atoms with Gasteiger partial charge in [0.1, 0.15) is 5.71 Å². The van der Waals surface area contributed by atoms with E-state index in [1.807, 2.05) is 0 Å². The zero-order chi connectivity index (χ0) is 7.56. The van der Waals surface area contributed by atoms with E-state index in [1.165, 1.54) is 6.20 Å². The number of hydrogen-bond donors (Lipinski definition) is 0. The van der Waals surface area contributed by atoms with E-state index in [1.54, 1.807) is 6.92 Å². The lowest BCUT2D eigenvalue weighted by Crippen LogP contribution is -2.10. The molecule has 0 aromatic carbocycles. The van der Waals surface area contributed by atoms with Gasteiger partial charge < -0.3 is 0 Å². The molecular weight excluding hydrogens is 138 g/mol. The average Bonchev–Trinajstić information content (AvgIpc) is 2.33. The molecule has 0 N–H and O–H groups in total. The molecule has 4 heteroatoms. The van der Waals surface area contributed by atoms with E-state index >= 15 is 0 Å². The van der Waals surface area contributed by atoms with Gasteiger partial charge in [0.2, 0.25) is 0 Å². The van der Waals surface area contributed by atoms with Crippen molar-refractivity contribution in [3.05, 3.63) is 11.8 Å². The highest BCUT2D eigenvalue weighted by Gasteiger charge is 2.20. The normalized spacial score (nSPS) is 16.8. The van der Waals surface area contributed by atoms with Gasteiger partial charge in [0.15, 0.2) is 0 Å². The maximum absolute atomic E-state index is 11.9.